The first kappa shape index (κ1) is 11.3. The topological polar surface area (TPSA) is 33.0 Å². The maximum absolute atomic E-state index is 9.05. The number of benzene rings is 1. The fourth-order valence-corrected chi connectivity index (χ4v) is 3.49. The molecule has 1 saturated carbocycles. The Morgan fingerprint density at radius 2 is 2.19 bits per heavy atom. The molecule has 2 atom stereocenters. The van der Waals surface area contributed by atoms with Crippen LogP contribution in [-0.2, 0) is 0 Å². The fourth-order valence-electron chi connectivity index (χ4n) is 2.09. The third kappa shape index (κ3) is 2.33. The molecule has 2 unspecified atom stereocenters. The summed E-state index contributed by atoms with van der Waals surface area (Å²) in [6.45, 7) is 0. The van der Waals surface area contributed by atoms with Crippen LogP contribution in [0.4, 0.5) is 0 Å². The number of nitrogens with zero attached hydrogens (tertiary/aromatic N) is 1. The highest BCUT2D eigenvalue weighted by molar-refractivity contribution is 8.00. The average Bonchev–Trinajstić information content (AvgIpc) is 2.77. The standard InChI is InChI=1S/C13H15NOS/c1-15-11-6-2-3-7-13(11)16-12-8-4-5-10(12)9-14/h2-3,6-7,10,12H,4-5,8H2,1H3. The van der Waals surface area contributed by atoms with Crippen molar-refractivity contribution in [2.75, 3.05) is 7.11 Å². The number of para-hydroxylation sites is 1. The molecular formula is C13H15NOS. The lowest BCUT2D eigenvalue weighted by molar-refractivity contribution is 0.404. The van der Waals surface area contributed by atoms with E-state index in [0.29, 0.717) is 5.25 Å². The number of ether oxygens (including phenoxy) is 1. The quantitative estimate of drug-likeness (QED) is 0.801. The first-order valence-corrected chi connectivity index (χ1v) is 6.42. The van der Waals surface area contributed by atoms with Gasteiger partial charge in [0.25, 0.3) is 0 Å². The number of nitriles is 1. The lowest BCUT2D eigenvalue weighted by Gasteiger charge is -2.14. The second-order valence-corrected chi connectivity index (χ2v) is 5.25. The molecule has 1 fully saturated rings. The maximum atomic E-state index is 9.05. The van der Waals surface area contributed by atoms with Crippen molar-refractivity contribution in [3.8, 4) is 11.8 Å². The molecule has 1 aliphatic carbocycles. The van der Waals surface area contributed by atoms with Crippen LogP contribution >= 0.6 is 11.8 Å². The van der Waals surface area contributed by atoms with Crippen LogP contribution in [-0.4, -0.2) is 12.4 Å². The number of hydrogen-bond donors (Lipinski definition) is 0. The van der Waals surface area contributed by atoms with Crippen molar-refractivity contribution in [1.82, 2.24) is 0 Å². The molecule has 3 heteroatoms. The van der Waals surface area contributed by atoms with E-state index in [2.05, 4.69) is 12.1 Å². The zero-order valence-electron chi connectivity index (χ0n) is 9.35. The van der Waals surface area contributed by atoms with Crippen molar-refractivity contribution < 1.29 is 4.74 Å². The fraction of sp³-hybridized carbons (Fsp3) is 0.462. The van der Waals surface area contributed by atoms with Gasteiger partial charge in [-0.2, -0.15) is 5.26 Å². The van der Waals surface area contributed by atoms with Crippen LogP contribution in [0.5, 0.6) is 5.75 Å². The number of rotatable bonds is 3. The van der Waals surface area contributed by atoms with Crippen LogP contribution in [0.25, 0.3) is 0 Å². The summed E-state index contributed by atoms with van der Waals surface area (Å²) in [7, 11) is 1.69. The number of hydrogen-bond acceptors (Lipinski definition) is 3. The Kier molecular flexibility index (Phi) is 3.74. The van der Waals surface area contributed by atoms with Crippen molar-refractivity contribution >= 4 is 11.8 Å². The Balaban J connectivity index is 2.11. The highest BCUT2D eigenvalue weighted by Crippen LogP contribution is 2.41. The summed E-state index contributed by atoms with van der Waals surface area (Å²) in [6.07, 6.45) is 3.36. The van der Waals surface area contributed by atoms with Gasteiger partial charge < -0.3 is 4.74 Å². The zero-order valence-corrected chi connectivity index (χ0v) is 10.2. The van der Waals surface area contributed by atoms with E-state index in [0.717, 1.165) is 23.5 Å². The molecule has 16 heavy (non-hydrogen) atoms. The lowest BCUT2D eigenvalue weighted by Crippen LogP contribution is -2.07. The van der Waals surface area contributed by atoms with E-state index < -0.39 is 0 Å². The summed E-state index contributed by atoms with van der Waals surface area (Å²) in [5.74, 6) is 1.12. The summed E-state index contributed by atoms with van der Waals surface area (Å²) >= 11 is 1.79. The van der Waals surface area contributed by atoms with Gasteiger partial charge in [0.1, 0.15) is 5.75 Å². The molecule has 84 valence electrons. The molecule has 0 amide bonds. The second-order valence-electron chi connectivity index (χ2n) is 3.97. The van der Waals surface area contributed by atoms with Crippen LogP contribution in [0, 0.1) is 17.2 Å². The van der Waals surface area contributed by atoms with Gasteiger partial charge in [0.2, 0.25) is 0 Å². The van der Waals surface area contributed by atoms with E-state index in [9.17, 15) is 0 Å². The van der Waals surface area contributed by atoms with Gasteiger partial charge in [-0.1, -0.05) is 18.6 Å². The van der Waals surface area contributed by atoms with Gasteiger partial charge >= 0.3 is 0 Å². The Labute approximate surface area is 101 Å². The first-order chi connectivity index (χ1) is 7.85. The molecule has 0 spiro atoms. The molecule has 0 heterocycles. The highest BCUT2D eigenvalue weighted by atomic mass is 32.2. The van der Waals surface area contributed by atoms with E-state index in [1.54, 1.807) is 18.9 Å². The summed E-state index contributed by atoms with van der Waals surface area (Å²) < 4.78 is 5.32. The summed E-state index contributed by atoms with van der Waals surface area (Å²) in [5.41, 5.74) is 0. The van der Waals surface area contributed by atoms with Crippen molar-refractivity contribution in [2.24, 2.45) is 5.92 Å². The van der Waals surface area contributed by atoms with E-state index >= 15 is 0 Å². The van der Waals surface area contributed by atoms with Crippen molar-refractivity contribution in [3.63, 3.8) is 0 Å². The number of thioether (sulfide) groups is 1. The third-order valence-electron chi connectivity index (χ3n) is 2.97. The SMILES string of the molecule is COc1ccccc1SC1CCCC1C#N. The van der Waals surface area contributed by atoms with Crippen LogP contribution < -0.4 is 4.74 Å². The normalized spacial score (nSPS) is 24.0. The highest BCUT2D eigenvalue weighted by Gasteiger charge is 2.28. The van der Waals surface area contributed by atoms with Crippen molar-refractivity contribution in [2.45, 2.75) is 29.4 Å². The maximum Gasteiger partial charge on any atom is 0.132 e. The van der Waals surface area contributed by atoms with E-state index in [4.69, 9.17) is 10.00 Å². The van der Waals surface area contributed by atoms with Crippen molar-refractivity contribution in [1.29, 1.82) is 5.26 Å². The molecule has 0 aliphatic heterocycles. The molecule has 0 aromatic heterocycles. The van der Waals surface area contributed by atoms with Gasteiger partial charge in [0, 0.05) is 10.1 Å². The molecule has 2 rings (SSSR count). The van der Waals surface area contributed by atoms with Gasteiger partial charge in [-0.25, -0.2) is 0 Å². The molecule has 0 bridgehead atoms. The molecule has 1 aliphatic rings. The summed E-state index contributed by atoms with van der Waals surface area (Å²) in [4.78, 5) is 1.15. The van der Waals surface area contributed by atoms with Crippen molar-refractivity contribution in [3.05, 3.63) is 24.3 Å². The largest absolute Gasteiger partial charge is 0.496 e. The first-order valence-electron chi connectivity index (χ1n) is 5.54. The number of methoxy groups -OCH3 is 1. The minimum atomic E-state index is 0.204. The molecule has 2 nitrogen and oxygen atoms in total. The second kappa shape index (κ2) is 5.27. The third-order valence-corrected chi connectivity index (χ3v) is 4.42. The molecule has 1 aromatic rings. The van der Waals surface area contributed by atoms with Crippen LogP contribution in [0.1, 0.15) is 19.3 Å². The van der Waals surface area contributed by atoms with Gasteiger partial charge in [-0.05, 0) is 25.0 Å². The minimum Gasteiger partial charge on any atom is -0.496 e. The zero-order chi connectivity index (χ0) is 11.4. The lowest BCUT2D eigenvalue weighted by atomic mass is 10.1. The molecular weight excluding hydrogens is 218 g/mol. The van der Waals surface area contributed by atoms with Crippen LogP contribution in [0.2, 0.25) is 0 Å². The molecule has 0 radical (unpaired) electrons. The average molecular weight is 233 g/mol. The molecule has 0 saturated heterocycles. The Bertz CT molecular complexity index is 399. The Morgan fingerprint density at radius 1 is 1.38 bits per heavy atom. The Hall–Kier alpha value is -1.14. The van der Waals surface area contributed by atoms with E-state index in [1.165, 1.54) is 6.42 Å². The monoisotopic (exact) mass is 233 g/mol. The Morgan fingerprint density at radius 3 is 2.94 bits per heavy atom. The summed E-state index contributed by atoms with van der Waals surface area (Å²) in [6, 6.07) is 10.4. The molecule has 1 aromatic carbocycles. The van der Waals surface area contributed by atoms with Gasteiger partial charge in [-0.15, -0.1) is 11.8 Å². The van der Waals surface area contributed by atoms with Crippen LogP contribution in [0.15, 0.2) is 29.2 Å². The van der Waals surface area contributed by atoms with Crippen LogP contribution in [0.3, 0.4) is 0 Å². The summed E-state index contributed by atoms with van der Waals surface area (Å²) in [5, 5.41) is 9.48. The van der Waals surface area contributed by atoms with Gasteiger partial charge in [-0.3, -0.25) is 0 Å². The van der Waals surface area contributed by atoms with E-state index in [-0.39, 0.29) is 5.92 Å². The minimum absolute atomic E-state index is 0.204. The molecule has 0 N–H and O–H groups in total. The predicted octanol–water partition coefficient (Wildman–Crippen LogP) is 3.48. The predicted molar refractivity (Wildman–Crippen MR) is 65.6 cm³/mol. The smallest absolute Gasteiger partial charge is 0.132 e. The van der Waals surface area contributed by atoms with E-state index in [1.807, 2.05) is 18.2 Å². The van der Waals surface area contributed by atoms with Gasteiger partial charge in [0.05, 0.1) is 19.1 Å². The van der Waals surface area contributed by atoms with Gasteiger partial charge in [0.15, 0.2) is 0 Å².